The largest absolute Gasteiger partial charge is 0.336 e. The van der Waals surface area contributed by atoms with E-state index in [0.717, 1.165) is 31.7 Å². The Morgan fingerprint density at radius 1 is 1.27 bits per heavy atom. The van der Waals surface area contributed by atoms with Gasteiger partial charge in [0.25, 0.3) is 0 Å². The summed E-state index contributed by atoms with van der Waals surface area (Å²) in [5, 5.41) is 0. The quantitative estimate of drug-likeness (QED) is 0.827. The maximum atomic E-state index is 12.7. The molecule has 0 N–H and O–H groups in total. The first-order valence-electron chi connectivity index (χ1n) is 8.31. The molecule has 0 aromatic carbocycles. The second kappa shape index (κ2) is 7.20. The van der Waals surface area contributed by atoms with Gasteiger partial charge >= 0.3 is 0 Å². The van der Waals surface area contributed by atoms with Crippen molar-refractivity contribution in [3.8, 4) is 0 Å². The average molecular weight is 302 g/mol. The number of amides is 1. The van der Waals surface area contributed by atoms with Crippen LogP contribution in [0.15, 0.2) is 24.5 Å². The van der Waals surface area contributed by atoms with Crippen LogP contribution in [-0.2, 0) is 11.2 Å². The number of carbonyl (C=O) groups excluding carboxylic acids is 1. The molecule has 2 aliphatic rings. The Morgan fingerprint density at radius 2 is 2.09 bits per heavy atom. The number of nitrogens with zero attached hydrogens (tertiary/aromatic N) is 4. The van der Waals surface area contributed by atoms with Gasteiger partial charge in [0.15, 0.2) is 0 Å². The van der Waals surface area contributed by atoms with E-state index < -0.39 is 0 Å². The lowest BCUT2D eigenvalue weighted by Gasteiger charge is -2.41. The summed E-state index contributed by atoms with van der Waals surface area (Å²) in [7, 11) is 2.15. The molecule has 0 bridgehead atoms. The maximum Gasteiger partial charge on any atom is 0.227 e. The van der Waals surface area contributed by atoms with Crippen molar-refractivity contribution < 1.29 is 4.79 Å². The van der Waals surface area contributed by atoms with Crippen molar-refractivity contribution >= 4 is 5.91 Å². The predicted octanol–water partition coefficient (Wildman–Crippen LogP) is 0.862. The summed E-state index contributed by atoms with van der Waals surface area (Å²) in [6.45, 7) is 6.18. The van der Waals surface area contributed by atoms with Gasteiger partial charge in [-0.05, 0) is 44.6 Å². The molecule has 3 rings (SSSR count). The zero-order chi connectivity index (χ0) is 15.4. The maximum absolute atomic E-state index is 12.7. The zero-order valence-electron chi connectivity index (χ0n) is 13.4. The van der Waals surface area contributed by atoms with E-state index in [2.05, 4.69) is 26.7 Å². The van der Waals surface area contributed by atoms with E-state index in [0.29, 0.717) is 12.5 Å². The van der Waals surface area contributed by atoms with E-state index in [-0.39, 0.29) is 5.91 Å². The summed E-state index contributed by atoms with van der Waals surface area (Å²) in [6, 6.07) is 4.20. The van der Waals surface area contributed by atoms with E-state index in [1.165, 1.54) is 25.9 Å². The van der Waals surface area contributed by atoms with E-state index in [9.17, 15) is 4.79 Å². The van der Waals surface area contributed by atoms with E-state index in [4.69, 9.17) is 0 Å². The number of hydrogen-bond donors (Lipinski definition) is 0. The first-order valence-corrected chi connectivity index (χ1v) is 8.31. The predicted molar refractivity (Wildman–Crippen MR) is 86.6 cm³/mol. The highest BCUT2D eigenvalue weighted by molar-refractivity contribution is 5.79. The number of carbonyl (C=O) groups is 1. The number of piperazine rings is 1. The topological polar surface area (TPSA) is 39.7 Å². The van der Waals surface area contributed by atoms with Gasteiger partial charge in [0.1, 0.15) is 0 Å². The third-order valence-electron chi connectivity index (χ3n) is 4.75. The minimum Gasteiger partial charge on any atom is -0.336 e. The number of aromatic nitrogens is 1. The van der Waals surface area contributed by atoms with Crippen LogP contribution in [0, 0.1) is 0 Å². The summed E-state index contributed by atoms with van der Waals surface area (Å²) in [5.74, 6) is 0.241. The van der Waals surface area contributed by atoms with Gasteiger partial charge in [0.2, 0.25) is 5.91 Å². The molecule has 5 nitrogen and oxygen atoms in total. The minimum absolute atomic E-state index is 0.241. The van der Waals surface area contributed by atoms with Crippen molar-refractivity contribution in [3.05, 3.63) is 30.1 Å². The van der Waals surface area contributed by atoms with E-state index >= 15 is 0 Å². The molecule has 5 heteroatoms. The van der Waals surface area contributed by atoms with Crippen LogP contribution in [0.4, 0.5) is 0 Å². The van der Waals surface area contributed by atoms with Gasteiger partial charge in [-0.2, -0.15) is 0 Å². The van der Waals surface area contributed by atoms with Gasteiger partial charge < -0.3 is 14.7 Å². The third-order valence-corrected chi connectivity index (χ3v) is 4.75. The molecule has 0 aliphatic carbocycles. The van der Waals surface area contributed by atoms with Crippen molar-refractivity contribution in [3.63, 3.8) is 0 Å². The van der Waals surface area contributed by atoms with Crippen LogP contribution in [0.1, 0.15) is 18.4 Å². The van der Waals surface area contributed by atoms with Crippen LogP contribution in [0.3, 0.4) is 0 Å². The Bertz CT molecular complexity index is 487. The average Bonchev–Trinajstić information content (AvgIpc) is 3.01. The number of rotatable bonds is 4. The van der Waals surface area contributed by atoms with Gasteiger partial charge in [-0.1, -0.05) is 6.07 Å². The van der Waals surface area contributed by atoms with Crippen LogP contribution in [0.25, 0.3) is 0 Å². The molecule has 120 valence electrons. The second-order valence-corrected chi connectivity index (χ2v) is 6.55. The molecular formula is C17H26N4O. The SMILES string of the molecule is CN1CCN(C(=O)Cc2cccnc2)C(CN2CCCC2)C1. The summed E-state index contributed by atoms with van der Waals surface area (Å²) in [4.78, 5) is 23.8. The van der Waals surface area contributed by atoms with Crippen molar-refractivity contribution in [2.24, 2.45) is 0 Å². The van der Waals surface area contributed by atoms with Gasteiger partial charge in [-0.15, -0.1) is 0 Å². The van der Waals surface area contributed by atoms with E-state index in [1.54, 1.807) is 12.4 Å². The van der Waals surface area contributed by atoms with Gasteiger partial charge in [-0.25, -0.2) is 0 Å². The highest BCUT2D eigenvalue weighted by Gasteiger charge is 2.30. The Kier molecular flexibility index (Phi) is 5.05. The zero-order valence-corrected chi connectivity index (χ0v) is 13.4. The van der Waals surface area contributed by atoms with Crippen LogP contribution < -0.4 is 0 Å². The molecular weight excluding hydrogens is 276 g/mol. The Morgan fingerprint density at radius 3 is 2.82 bits per heavy atom. The number of likely N-dealkylation sites (N-methyl/N-ethyl adjacent to an activating group) is 1. The fraction of sp³-hybridized carbons (Fsp3) is 0.647. The first-order chi connectivity index (χ1) is 10.7. The highest BCUT2D eigenvalue weighted by atomic mass is 16.2. The molecule has 2 fully saturated rings. The lowest BCUT2D eigenvalue weighted by molar-refractivity contribution is -0.135. The molecule has 1 atom stereocenters. The summed E-state index contributed by atoms with van der Waals surface area (Å²) in [6.07, 6.45) is 6.61. The molecule has 3 heterocycles. The summed E-state index contributed by atoms with van der Waals surface area (Å²) < 4.78 is 0. The monoisotopic (exact) mass is 302 g/mol. The van der Waals surface area contributed by atoms with Crippen LogP contribution >= 0.6 is 0 Å². The fourth-order valence-electron chi connectivity index (χ4n) is 3.54. The normalized spacial score (nSPS) is 23.9. The number of hydrogen-bond acceptors (Lipinski definition) is 4. The van der Waals surface area contributed by atoms with E-state index in [1.807, 2.05) is 12.1 Å². The minimum atomic E-state index is 0.241. The third kappa shape index (κ3) is 3.84. The molecule has 1 unspecified atom stereocenters. The molecule has 22 heavy (non-hydrogen) atoms. The molecule has 1 amide bonds. The first kappa shape index (κ1) is 15.4. The van der Waals surface area contributed by atoms with Gasteiger partial charge in [-0.3, -0.25) is 9.78 Å². The molecule has 0 radical (unpaired) electrons. The van der Waals surface area contributed by atoms with Gasteiger partial charge in [0.05, 0.1) is 12.5 Å². The fourth-order valence-corrected chi connectivity index (χ4v) is 3.54. The van der Waals surface area contributed by atoms with Crippen molar-refractivity contribution in [2.75, 3.05) is 46.3 Å². The molecule has 1 aromatic heterocycles. The highest BCUT2D eigenvalue weighted by Crippen LogP contribution is 2.15. The van der Waals surface area contributed by atoms with Crippen molar-refractivity contribution in [1.82, 2.24) is 19.7 Å². The Hall–Kier alpha value is -1.46. The number of likely N-dealkylation sites (tertiary alicyclic amines) is 1. The second-order valence-electron chi connectivity index (χ2n) is 6.55. The summed E-state index contributed by atoms with van der Waals surface area (Å²) >= 11 is 0. The van der Waals surface area contributed by atoms with Gasteiger partial charge in [0, 0.05) is 38.6 Å². The lowest BCUT2D eigenvalue weighted by Crippen LogP contribution is -2.58. The summed E-state index contributed by atoms with van der Waals surface area (Å²) in [5.41, 5.74) is 1.01. The van der Waals surface area contributed by atoms with Crippen molar-refractivity contribution in [2.45, 2.75) is 25.3 Å². The lowest BCUT2D eigenvalue weighted by atomic mass is 10.1. The Balaban J connectivity index is 1.64. The van der Waals surface area contributed by atoms with Crippen LogP contribution in [0.5, 0.6) is 0 Å². The van der Waals surface area contributed by atoms with Crippen LogP contribution in [-0.4, -0.2) is 77.9 Å². The van der Waals surface area contributed by atoms with Crippen LogP contribution in [0.2, 0.25) is 0 Å². The molecule has 1 aromatic rings. The molecule has 2 saturated heterocycles. The molecule has 0 spiro atoms. The smallest absolute Gasteiger partial charge is 0.227 e. The molecule has 2 aliphatic heterocycles. The standard InChI is InChI=1S/C17H26N4O/c1-19-9-10-21(16(13-19)14-20-7-2-3-8-20)17(22)11-15-5-4-6-18-12-15/h4-6,12,16H,2-3,7-11,13-14H2,1H3. The number of pyridine rings is 1. The Labute approximate surface area is 132 Å². The molecule has 0 saturated carbocycles. The van der Waals surface area contributed by atoms with Crippen molar-refractivity contribution in [1.29, 1.82) is 0 Å².